The van der Waals surface area contributed by atoms with E-state index in [1.165, 1.54) is 56.1 Å². The Morgan fingerprint density at radius 2 is 1.96 bits per heavy atom. The van der Waals surface area contributed by atoms with Crippen molar-refractivity contribution in [1.29, 1.82) is 0 Å². The lowest BCUT2D eigenvalue weighted by Gasteiger charge is -2.56. The molecule has 2 aliphatic carbocycles. The predicted octanol–water partition coefficient (Wildman–Crippen LogP) is 3.97. The molecule has 2 saturated heterocycles. The summed E-state index contributed by atoms with van der Waals surface area (Å²) in [5.41, 5.74) is 4.45. The minimum atomic E-state index is 0.341. The van der Waals surface area contributed by atoms with E-state index in [9.17, 15) is 5.11 Å². The molecule has 0 aromatic heterocycles. The third-order valence-corrected chi connectivity index (χ3v) is 7.86. The van der Waals surface area contributed by atoms with Crippen LogP contribution in [0.15, 0.2) is 12.1 Å². The second-order valence-corrected chi connectivity index (χ2v) is 9.19. The average Bonchev–Trinajstić information content (AvgIpc) is 2.63. The molecule has 1 aromatic rings. The van der Waals surface area contributed by atoms with Crippen LogP contribution in [0.2, 0.25) is 0 Å². The number of phenols is 1. The molecule has 0 radical (unpaired) electrons. The quantitative estimate of drug-likeness (QED) is 0.812. The largest absolute Gasteiger partial charge is 0.506 e. The van der Waals surface area contributed by atoms with Crippen LogP contribution in [0.1, 0.15) is 63.0 Å². The molecule has 2 bridgehead atoms. The highest BCUT2D eigenvalue weighted by molar-refractivity contribution is 5.64. The smallest absolute Gasteiger partial charge is 0.139 e. The van der Waals surface area contributed by atoms with E-state index in [4.69, 9.17) is 0 Å². The van der Waals surface area contributed by atoms with Crippen LogP contribution in [-0.4, -0.2) is 30.8 Å². The number of piperidine rings is 2. The van der Waals surface area contributed by atoms with E-state index >= 15 is 0 Å². The van der Waals surface area contributed by atoms with E-state index in [2.05, 4.69) is 29.3 Å². The maximum Gasteiger partial charge on any atom is 0.139 e. The van der Waals surface area contributed by atoms with Crippen molar-refractivity contribution in [3.63, 3.8) is 0 Å². The number of aromatic hydroxyl groups is 1. The minimum Gasteiger partial charge on any atom is -0.506 e. The van der Waals surface area contributed by atoms with E-state index in [1.807, 2.05) is 0 Å². The van der Waals surface area contributed by atoms with Gasteiger partial charge >= 0.3 is 0 Å². The van der Waals surface area contributed by atoms with Gasteiger partial charge in [-0.15, -0.1) is 0 Å². The van der Waals surface area contributed by atoms with Gasteiger partial charge in [0.25, 0.3) is 0 Å². The Morgan fingerprint density at radius 1 is 1.12 bits per heavy atom. The van der Waals surface area contributed by atoms with Crippen LogP contribution in [0.4, 0.5) is 5.69 Å². The molecule has 0 spiro atoms. The molecule has 2 heterocycles. The molecule has 5 rings (SSSR count). The van der Waals surface area contributed by atoms with E-state index < -0.39 is 0 Å². The van der Waals surface area contributed by atoms with Gasteiger partial charge in [-0.2, -0.15) is 0 Å². The molecule has 3 atom stereocenters. The lowest BCUT2D eigenvalue weighted by molar-refractivity contribution is 0.0795. The van der Waals surface area contributed by atoms with Crippen molar-refractivity contribution in [3.8, 4) is 5.75 Å². The molecular formula is C22H32N2O. The van der Waals surface area contributed by atoms with Gasteiger partial charge in [0.15, 0.2) is 0 Å². The number of fused-ring (bicyclic) bond motifs is 1. The van der Waals surface area contributed by atoms with Gasteiger partial charge in [-0.05, 0) is 80.2 Å². The number of rotatable bonds is 1. The first-order valence-corrected chi connectivity index (χ1v) is 10.5. The summed E-state index contributed by atoms with van der Waals surface area (Å²) >= 11 is 0. The molecule has 3 nitrogen and oxygen atoms in total. The molecule has 0 amide bonds. The molecule has 1 saturated carbocycles. The first kappa shape index (κ1) is 16.0. The molecule has 136 valence electrons. The Hall–Kier alpha value is -1.22. The van der Waals surface area contributed by atoms with E-state index in [-0.39, 0.29) is 0 Å². The Balaban J connectivity index is 1.55. The summed E-state index contributed by atoms with van der Waals surface area (Å²) in [5, 5.41) is 14.7. The summed E-state index contributed by atoms with van der Waals surface area (Å²) in [5.74, 6) is 2.13. The predicted molar refractivity (Wildman–Crippen MR) is 102 cm³/mol. The number of nitrogens with zero attached hydrogens (tertiary/aromatic N) is 1. The molecule has 3 heteroatoms. The average molecular weight is 341 g/mol. The van der Waals surface area contributed by atoms with E-state index in [0.717, 1.165) is 43.6 Å². The third kappa shape index (κ3) is 2.42. The molecule has 25 heavy (non-hydrogen) atoms. The highest BCUT2D eigenvalue weighted by atomic mass is 16.3. The fourth-order valence-corrected chi connectivity index (χ4v) is 6.46. The van der Waals surface area contributed by atoms with Gasteiger partial charge in [-0.25, -0.2) is 0 Å². The molecule has 2 N–H and O–H groups in total. The summed E-state index contributed by atoms with van der Waals surface area (Å²) in [7, 11) is 0. The zero-order valence-corrected chi connectivity index (χ0v) is 15.6. The van der Waals surface area contributed by atoms with E-state index in [1.54, 1.807) is 0 Å². The number of nitrogens with one attached hydrogen (secondary N) is 1. The summed E-state index contributed by atoms with van der Waals surface area (Å²) < 4.78 is 0. The van der Waals surface area contributed by atoms with Gasteiger partial charge in [0.1, 0.15) is 5.75 Å². The third-order valence-electron chi connectivity index (χ3n) is 7.86. The zero-order valence-electron chi connectivity index (χ0n) is 15.6. The molecule has 0 unspecified atom stereocenters. The lowest BCUT2D eigenvalue weighted by Crippen LogP contribution is -2.59. The van der Waals surface area contributed by atoms with Crippen LogP contribution < -0.4 is 10.2 Å². The van der Waals surface area contributed by atoms with Gasteiger partial charge in [0.05, 0.1) is 5.69 Å². The van der Waals surface area contributed by atoms with Crippen molar-refractivity contribution in [1.82, 2.24) is 5.32 Å². The Kier molecular flexibility index (Phi) is 3.78. The highest BCUT2D eigenvalue weighted by Crippen LogP contribution is 2.55. The number of hydrogen-bond acceptors (Lipinski definition) is 3. The number of hydrogen-bond donors (Lipinski definition) is 2. The molecule has 1 aromatic carbocycles. The maximum absolute atomic E-state index is 10.9. The van der Waals surface area contributed by atoms with Crippen LogP contribution >= 0.6 is 0 Å². The van der Waals surface area contributed by atoms with Gasteiger partial charge in [0, 0.05) is 24.5 Å². The topological polar surface area (TPSA) is 35.5 Å². The van der Waals surface area contributed by atoms with Crippen LogP contribution in [0, 0.1) is 11.8 Å². The van der Waals surface area contributed by atoms with Crippen molar-refractivity contribution in [2.24, 2.45) is 11.8 Å². The van der Waals surface area contributed by atoms with Crippen molar-refractivity contribution in [3.05, 3.63) is 23.3 Å². The SMILES string of the molecule is CC1CCN(c2cc3c(cc2O)[C@]24CCCC[C@@H]2[C@H](C3)NCC4)CC1. The standard InChI is InChI=1S/C22H32N2O/c1-15-5-10-24(11-6-15)20-13-16-12-19-17-4-2-3-7-22(17,8-9-23-19)18(16)14-21(20)25/h13-15,17,19,23,25H,2-12H2,1H3/t17-,19+,22+/m1/s1. The molecule has 2 aliphatic heterocycles. The summed E-state index contributed by atoms with van der Waals surface area (Å²) in [6.07, 6.45) is 10.3. The van der Waals surface area contributed by atoms with Crippen LogP contribution in [0.25, 0.3) is 0 Å². The van der Waals surface area contributed by atoms with Crippen molar-refractivity contribution >= 4 is 5.69 Å². The Bertz CT molecular complexity index is 660. The minimum absolute atomic E-state index is 0.341. The summed E-state index contributed by atoms with van der Waals surface area (Å²) in [4.78, 5) is 2.42. The van der Waals surface area contributed by atoms with Gasteiger partial charge < -0.3 is 15.3 Å². The van der Waals surface area contributed by atoms with Crippen molar-refractivity contribution in [2.45, 2.75) is 69.7 Å². The van der Waals surface area contributed by atoms with E-state index in [0.29, 0.717) is 17.2 Å². The normalized spacial score (nSPS) is 35.2. The Labute approximate surface area is 151 Å². The molecule has 4 aliphatic rings. The summed E-state index contributed by atoms with van der Waals surface area (Å²) in [6, 6.07) is 5.19. The number of anilines is 1. The van der Waals surface area contributed by atoms with Crippen molar-refractivity contribution in [2.75, 3.05) is 24.5 Å². The first-order valence-electron chi connectivity index (χ1n) is 10.5. The second-order valence-electron chi connectivity index (χ2n) is 9.19. The van der Waals surface area contributed by atoms with Gasteiger partial charge in [0.2, 0.25) is 0 Å². The maximum atomic E-state index is 10.9. The second kappa shape index (κ2) is 5.90. The first-order chi connectivity index (χ1) is 12.2. The Morgan fingerprint density at radius 3 is 2.80 bits per heavy atom. The molecular weight excluding hydrogens is 308 g/mol. The lowest BCUT2D eigenvalue weighted by atomic mass is 9.53. The van der Waals surface area contributed by atoms with Gasteiger partial charge in [-0.1, -0.05) is 19.8 Å². The molecule has 3 fully saturated rings. The fraction of sp³-hybridized carbons (Fsp3) is 0.727. The van der Waals surface area contributed by atoms with Gasteiger partial charge in [-0.3, -0.25) is 0 Å². The fourth-order valence-electron chi connectivity index (χ4n) is 6.46. The van der Waals surface area contributed by atoms with Crippen molar-refractivity contribution < 1.29 is 5.11 Å². The monoisotopic (exact) mass is 340 g/mol. The highest BCUT2D eigenvalue weighted by Gasteiger charge is 2.51. The summed E-state index contributed by atoms with van der Waals surface area (Å²) in [6.45, 7) is 5.67. The number of phenolic OH excluding ortho intramolecular Hbond substituents is 1. The zero-order chi connectivity index (χ0) is 17.0. The van der Waals surface area contributed by atoms with Crippen LogP contribution in [-0.2, 0) is 11.8 Å². The van der Waals surface area contributed by atoms with Crippen LogP contribution in [0.3, 0.4) is 0 Å². The van der Waals surface area contributed by atoms with Crippen LogP contribution in [0.5, 0.6) is 5.75 Å². The number of benzene rings is 1.